The summed E-state index contributed by atoms with van der Waals surface area (Å²) >= 11 is 0. The molecule has 0 saturated heterocycles. The quantitative estimate of drug-likeness (QED) is 0.142. The molecular formula is C35H38N3O5+. The fraction of sp³-hybridized carbons (Fsp3) is 0.257. The summed E-state index contributed by atoms with van der Waals surface area (Å²) in [5.74, 6) is 0.607. The number of nitrogens with zero attached hydrogens (tertiary/aromatic N) is 1. The number of ether oxygens (including phenoxy) is 1. The number of aliphatic hydroxyl groups is 1. The number of hydrogen-bond donors (Lipinski definition) is 4. The largest absolute Gasteiger partial charge is 0.504 e. The third-order valence-electron chi connectivity index (χ3n) is 7.66. The van der Waals surface area contributed by atoms with Gasteiger partial charge in [0.15, 0.2) is 11.5 Å². The van der Waals surface area contributed by atoms with Gasteiger partial charge in [0, 0.05) is 52.9 Å². The van der Waals surface area contributed by atoms with Crippen LogP contribution < -0.4 is 20.7 Å². The molecule has 8 heteroatoms. The molecule has 0 spiro atoms. The second-order valence-electron chi connectivity index (χ2n) is 10.6. The SMILES string of the molecule is CCN=c1cc2oc3cc([NH2+]CC)c(C)cc3c(-c3ccccc3C(=O)NCC(O)c3ccc(O)c(OC)c3)c-2cc1C. The van der Waals surface area contributed by atoms with E-state index in [1.54, 1.807) is 18.2 Å². The molecule has 5 N–H and O–H groups in total. The van der Waals surface area contributed by atoms with E-state index in [0.29, 0.717) is 23.4 Å². The number of carbonyl (C=O) groups is 1. The number of fused-ring (bicyclic) bond motifs is 2. The molecule has 1 amide bonds. The predicted molar refractivity (Wildman–Crippen MR) is 168 cm³/mol. The Labute approximate surface area is 251 Å². The molecule has 1 heterocycles. The molecule has 1 aliphatic carbocycles. The van der Waals surface area contributed by atoms with Crippen molar-refractivity contribution >= 4 is 22.6 Å². The van der Waals surface area contributed by atoms with Gasteiger partial charge in [0.25, 0.3) is 5.91 Å². The molecule has 2 aliphatic rings. The molecule has 0 saturated carbocycles. The second-order valence-corrected chi connectivity index (χ2v) is 10.6. The highest BCUT2D eigenvalue weighted by Crippen LogP contribution is 2.42. The third kappa shape index (κ3) is 5.98. The van der Waals surface area contributed by atoms with Crippen LogP contribution in [-0.4, -0.2) is 42.9 Å². The summed E-state index contributed by atoms with van der Waals surface area (Å²) < 4.78 is 11.7. The number of aryl methyl sites for hydroxylation is 2. The van der Waals surface area contributed by atoms with Gasteiger partial charge in [-0.3, -0.25) is 9.79 Å². The predicted octanol–water partition coefficient (Wildman–Crippen LogP) is 5.13. The zero-order valence-electron chi connectivity index (χ0n) is 25.2. The number of methoxy groups -OCH3 is 1. The molecule has 0 aromatic heterocycles. The van der Waals surface area contributed by atoms with Crippen molar-refractivity contribution in [1.29, 1.82) is 0 Å². The van der Waals surface area contributed by atoms with E-state index in [9.17, 15) is 15.0 Å². The molecule has 5 rings (SSSR count). The van der Waals surface area contributed by atoms with Gasteiger partial charge in [-0.05, 0) is 74.7 Å². The standard InChI is InChI=1S/C35H37N3O5/c1-6-36-27-17-31-25(14-20(27)3)34(26-15-21(4)28(37-7-2)18-32(26)43-31)23-10-8-9-11-24(23)35(41)38-19-30(40)22-12-13-29(39)33(16-22)42-5/h8-18,30,36,39-40H,6-7,19H2,1-5H3,(H,38,41)/p+1. The third-order valence-corrected chi connectivity index (χ3v) is 7.66. The minimum Gasteiger partial charge on any atom is -0.504 e. The van der Waals surface area contributed by atoms with Crippen molar-refractivity contribution in [2.24, 2.45) is 4.99 Å². The molecule has 1 unspecified atom stereocenters. The molecule has 0 bridgehead atoms. The number of rotatable bonds is 9. The highest BCUT2D eigenvalue weighted by molar-refractivity contribution is 6.09. The number of carbonyl (C=O) groups excluding carboxylic acids is 1. The lowest BCUT2D eigenvalue weighted by molar-refractivity contribution is -0.568. The van der Waals surface area contributed by atoms with Crippen LogP contribution in [0, 0.1) is 13.8 Å². The highest BCUT2D eigenvalue weighted by Gasteiger charge is 2.24. The summed E-state index contributed by atoms with van der Waals surface area (Å²) in [5, 5.41) is 27.6. The molecule has 1 atom stereocenters. The van der Waals surface area contributed by atoms with E-state index in [4.69, 9.17) is 9.15 Å². The van der Waals surface area contributed by atoms with Crippen molar-refractivity contribution in [2.75, 3.05) is 26.7 Å². The lowest BCUT2D eigenvalue weighted by atomic mass is 9.89. The maximum absolute atomic E-state index is 13.7. The summed E-state index contributed by atoms with van der Waals surface area (Å²) in [7, 11) is 1.44. The Morgan fingerprint density at radius 2 is 1.81 bits per heavy atom. The Morgan fingerprint density at radius 1 is 1.02 bits per heavy atom. The smallest absolute Gasteiger partial charge is 0.252 e. The number of aromatic hydroxyl groups is 1. The molecule has 8 nitrogen and oxygen atoms in total. The van der Waals surface area contributed by atoms with Gasteiger partial charge in [0.05, 0.1) is 25.1 Å². The maximum Gasteiger partial charge on any atom is 0.252 e. The number of amides is 1. The molecule has 3 aromatic rings. The van der Waals surface area contributed by atoms with Crippen molar-refractivity contribution in [3.8, 4) is 33.9 Å². The van der Waals surface area contributed by atoms with E-state index in [0.717, 1.165) is 56.4 Å². The average molecular weight is 581 g/mol. The minimum atomic E-state index is -0.998. The zero-order chi connectivity index (χ0) is 30.7. The summed E-state index contributed by atoms with van der Waals surface area (Å²) in [5.41, 5.74) is 7.54. The van der Waals surface area contributed by atoms with E-state index in [1.165, 1.54) is 13.2 Å². The van der Waals surface area contributed by atoms with E-state index < -0.39 is 6.10 Å². The monoisotopic (exact) mass is 580 g/mol. The van der Waals surface area contributed by atoms with Crippen LogP contribution in [-0.2, 0) is 0 Å². The van der Waals surface area contributed by atoms with E-state index in [2.05, 4.69) is 47.7 Å². The van der Waals surface area contributed by atoms with Crippen LogP contribution in [0.15, 0.2) is 76.1 Å². The highest BCUT2D eigenvalue weighted by atomic mass is 16.5. The van der Waals surface area contributed by atoms with E-state index >= 15 is 0 Å². The summed E-state index contributed by atoms with van der Waals surface area (Å²) in [6.45, 7) is 9.77. The summed E-state index contributed by atoms with van der Waals surface area (Å²) in [6, 6.07) is 20.4. The molecule has 0 fully saturated rings. The van der Waals surface area contributed by atoms with Crippen molar-refractivity contribution in [2.45, 2.75) is 33.8 Å². The van der Waals surface area contributed by atoms with Crippen LogP contribution in [0.1, 0.15) is 47.0 Å². The van der Waals surface area contributed by atoms with Gasteiger partial charge >= 0.3 is 0 Å². The Bertz CT molecular complexity index is 1840. The van der Waals surface area contributed by atoms with Crippen molar-refractivity contribution < 1.29 is 29.5 Å². The van der Waals surface area contributed by atoms with Gasteiger partial charge in [0.2, 0.25) is 0 Å². The van der Waals surface area contributed by atoms with Gasteiger partial charge in [-0.2, -0.15) is 0 Å². The second kappa shape index (κ2) is 12.7. The normalized spacial score (nSPS) is 12.6. The van der Waals surface area contributed by atoms with Crippen LogP contribution in [0.4, 0.5) is 5.69 Å². The summed E-state index contributed by atoms with van der Waals surface area (Å²) in [4.78, 5) is 18.4. The first-order valence-corrected chi connectivity index (χ1v) is 14.5. The first-order valence-electron chi connectivity index (χ1n) is 14.5. The zero-order valence-corrected chi connectivity index (χ0v) is 25.2. The molecule has 0 radical (unpaired) electrons. The fourth-order valence-electron chi connectivity index (χ4n) is 5.48. The van der Waals surface area contributed by atoms with Crippen LogP contribution in [0.5, 0.6) is 11.5 Å². The Morgan fingerprint density at radius 3 is 2.56 bits per heavy atom. The van der Waals surface area contributed by atoms with Crippen LogP contribution in [0.2, 0.25) is 0 Å². The Hall–Kier alpha value is -4.66. The summed E-state index contributed by atoms with van der Waals surface area (Å²) in [6.07, 6.45) is -0.998. The van der Waals surface area contributed by atoms with Crippen LogP contribution >= 0.6 is 0 Å². The fourth-order valence-corrected chi connectivity index (χ4v) is 5.48. The number of phenols is 1. The van der Waals surface area contributed by atoms with Gasteiger partial charge in [-0.15, -0.1) is 0 Å². The van der Waals surface area contributed by atoms with Gasteiger partial charge < -0.3 is 30.0 Å². The number of aliphatic hydroxyl groups excluding tert-OH is 1. The molecule has 1 aliphatic heterocycles. The van der Waals surface area contributed by atoms with Crippen molar-refractivity contribution in [3.05, 3.63) is 94.3 Å². The molecule has 43 heavy (non-hydrogen) atoms. The number of quaternary nitrogens is 1. The number of nitrogens with two attached hydrogens (primary N) is 1. The number of nitrogens with one attached hydrogen (secondary N) is 1. The average Bonchev–Trinajstić information content (AvgIpc) is 3.00. The van der Waals surface area contributed by atoms with Crippen LogP contribution in [0.25, 0.3) is 33.4 Å². The molecular weight excluding hydrogens is 542 g/mol. The minimum absolute atomic E-state index is 0.0221. The molecule has 3 aromatic carbocycles. The number of hydrogen-bond acceptors (Lipinski definition) is 6. The van der Waals surface area contributed by atoms with E-state index in [-0.39, 0.29) is 24.0 Å². The first kappa shape index (κ1) is 29.8. The van der Waals surface area contributed by atoms with Gasteiger partial charge in [-0.25, -0.2) is 0 Å². The lowest BCUT2D eigenvalue weighted by Crippen LogP contribution is -2.77. The maximum atomic E-state index is 13.7. The van der Waals surface area contributed by atoms with Crippen molar-refractivity contribution in [1.82, 2.24) is 5.32 Å². The van der Waals surface area contributed by atoms with Gasteiger partial charge in [-0.1, -0.05) is 24.3 Å². The van der Waals surface area contributed by atoms with Gasteiger partial charge in [0.1, 0.15) is 17.0 Å². The topological polar surface area (TPSA) is 121 Å². The molecule has 222 valence electrons. The van der Waals surface area contributed by atoms with E-state index in [1.807, 2.05) is 38.1 Å². The Balaban J connectivity index is 1.62. The lowest BCUT2D eigenvalue weighted by Gasteiger charge is -2.20. The Kier molecular flexibility index (Phi) is 8.80. The number of phenolic OH excluding ortho intramolecular Hbond substituents is 1. The van der Waals surface area contributed by atoms with Crippen LogP contribution in [0.3, 0.4) is 0 Å². The number of benzene rings is 4. The first-order chi connectivity index (χ1) is 20.7. The van der Waals surface area contributed by atoms with Crippen molar-refractivity contribution in [3.63, 3.8) is 0 Å².